The third-order valence-corrected chi connectivity index (χ3v) is 5.14. The molecule has 2 aliphatic rings. The summed E-state index contributed by atoms with van der Waals surface area (Å²) >= 11 is 0. The number of amides is 2. The van der Waals surface area contributed by atoms with Crippen LogP contribution < -0.4 is 11.1 Å². The molecule has 6 nitrogen and oxygen atoms in total. The molecule has 0 aromatic carbocycles. The van der Waals surface area contributed by atoms with E-state index in [4.69, 9.17) is 5.73 Å². The van der Waals surface area contributed by atoms with Crippen LogP contribution in [0.25, 0.3) is 0 Å². The molecule has 1 aliphatic heterocycles. The lowest BCUT2D eigenvalue weighted by atomic mass is 9.92. The molecular weight excluding hydrogens is 375 g/mol. The Balaban J connectivity index is 0.00000169. The van der Waals surface area contributed by atoms with Crippen LogP contribution in [0.4, 0.5) is 5.82 Å². The highest BCUT2D eigenvalue weighted by molar-refractivity contribution is 5.93. The number of carbonyl (C=O) groups is 2. The predicted molar refractivity (Wildman–Crippen MR) is 107 cm³/mol. The van der Waals surface area contributed by atoms with E-state index in [9.17, 15) is 9.59 Å². The summed E-state index contributed by atoms with van der Waals surface area (Å²) < 4.78 is 0. The van der Waals surface area contributed by atoms with Gasteiger partial charge in [-0.3, -0.25) is 9.59 Å². The van der Waals surface area contributed by atoms with Gasteiger partial charge in [-0.25, -0.2) is 4.98 Å². The van der Waals surface area contributed by atoms with Crippen molar-refractivity contribution in [3.63, 3.8) is 0 Å². The Morgan fingerprint density at radius 2 is 1.92 bits per heavy atom. The minimum atomic E-state index is -0.712. The fourth-order valence-corrected chi connectivity index (χ4v) is 3.75. The number of likely N-dealkylation sites (tertiary alicyclic amines) is 1. The summed E-state index contributed by atoms with van der Waals surface area (Å²) in [7, 11) is 0. The monoisotopic (exact) mass is 402 g/mol. The van der Waals surface area contributed by atoms with Crippen molar-refractivity contribution >= 4 is 42.4 Å². The topological polar surface area (TPSA) is 88.3 Å². The second-order valence-electron chi connectivity index (χ2n) is 7.11. The lowest BCUT2D eigenvalue weighted by molar-refractivity contribution is -0.139. The lowest BCUT2D eigenvalue weighted by Gasteiger charge is -2.36. The van der Waals surface area contributed by atoms with E-state index in [1.54, 1.807) is 11.0 Å². The largest absolute Gasteiger partial charge is 0.340 e. The van der Waals surface area contributed by atoms with Crippen molar-refractivity contribution in [2.24, 2.45) is 11.7 Å². The molecule has 1 saturated carbocycles. The van der Waals surface area contributed by atoms with Gasteiger partial charge in [0.1, 0.15) is 5.82 Å². The van der Waals surface area contributed by atoms with Crippen LogP contribution in [0.5, 0.6) is 0 Å². The highest BCUT2D eigenvalue weighted by atomic mass is 35.5. The summed E-state index contributed by atoms with van der Waals surface area (Å²) in [5.74, 6) is 0.318. The van der Waals surface area contributed by atoms with E-state index in [-0.39, 0.29) is 42.5 Å². The van der Waals surface area contributed by atoms with Gasteiger partial charge in [0, 0.05) is 18.8 Å². The number of halogens is 2. The smallest absolute Gasteiger partial charge is 0.242 e. The average Bonchev–Trinajstić information content (AvgIpc) is 3.02. The predicted octanol–water partition coefficient (Wildman–Crippen LogP) is 2.68. The molecule has 1 atom stereocenters. The summed E-state index contributed by atoms with van der Waals surface area (Å²) in [6, 6.07) is 5.54. The Labute approximate surface area is 167 Å². The first kappa shape index (κ1) is 22.7. The van der Waals surface area contributed by atoms with Crippen LogP contribution in [0.2, 0.25) is 0 Å². The van der Waals surface area contributed by atoms with E-state index < -0.39 is 5.54 Å². The number of hydrogen-bond acceptors (Lipinski definition) is 4. The normalized spacial score (nSPS) is 21.3. The van der Waals surface area contributed by atoms with Gasteiger partial charge in [-0.15, -0.1) is 24.8 Å². The molecule has 3 rings (SSSR count). The van der Waals surface area contributed by atoms with E-state index in [1.807, 2.05) is 19.1 Å². The van der Waals surface area contributed by atoms with Gasteiger partial charge >= 0.3 is 0 Å². The molecule has 1 unspecified atom stereocenters. The molecule has 3 N–H and O–H groups in total. The molecule has 146 valence electrons. The van der Waals surface area contributed by atoms with E-state index in [2.05, 4.69) is 10.3 Å². The van der Waals surface area contributed by atoms with Crippen LogP contribution in [0.15, 0.2) is 18.2 Å². The number of hydrogen-bond donors (Lipinski definition) is 2. The van der Waals surface area contributed by atoms with Gasteiger partial charge in [0.2, 0.25) is 11.8 Å². The molecule has 1 saturated heterocycles. The van der Waals surface area contributed by atoms with Gasteiger partial charge < -0.3 is 16.0 Å². The highest BCUT2D eigenvalue weighted by Gasteiger charge is 2.41. The molecule has 8 heteroatoms. The van der Waals surface area contributed by atoms with Crippen molar-refractivity contribution < 1.29 is 9.59 Å². The standard InChI is InChI=1S/C18H26N4O2.2ClH/c1-13-6-4-8-15(20-13)21-16(23)14-7-5-11-22(12-14)17(24)18(19)9-2-3-10-18;;/h4,6,8,14H,2-3,5,7,9-12,19H2,1H3,(H,20,21,23);2*1H. The van der Waals surface area contributed by atoms with Crippen molar-refractivity contribution in [1.82, 2.24) is 9.88 Å². The number of piperidine rings is 1. The molecule has 1 aromatic heterocycles. The molecule has 2 amide bonds. The van der Waals surface area contributed by atoms with Gasteiger partial charge in [-0.1, -0.05) is 18.9 Å². The quantitative estimate of drug-likeness (QED) is 0.812. The number of aromatic nitrogens is 1. The zero-order chi connectivity index (χ0) is 17.2. The number of aryl methyl sites for hydroxylation is 1. The zero-order valence-electron chi connectivity index (χ0n) is 15.1. The maximum absolute atomic E-state index is 12.8. The third-order valence-electron chi connectivity index (χ3n) is 5.14. The summed E-state index contributed by atoms with van der Waals surface area (Å²) in [5, 5.41) is 2.87. The number of pyridine rings is 1. The Bertz CT molecular complexity index is 635. The zero-order valence-corrected chi connectivity index (χ0v) is 16.7. The Morgan fingerprint density at radius 3 is 2.58 bits per heavy atom. The van der Waals surface area contributed by atoms with Crippen LogP contribution in [0.1, 0.15) is 44.2 Å². The first-order chi connectivity index (χ1) is 11.5. The van der Waals surface area contributed by atoms with E-state index in [0.29, 0.717) is 18.9 Å². The average molecular weight is 403 g/mol. The van der Waals surface area contributed by atoms with Crippen molar-refractivity contribution in [1.29, 1.82) is 0 Å². The molecule has 1 aliphatic carbocycles. The Morgan fingerprint density at radius 1 is 1.23 bits per heavy atom. The van der Waals surface area contributed by atoms with Crippen LogP contribution in [-0.4, -0.2) is 40.3 Å². The van der Waals surface area contributed by atoms with E-state index in [1.165, 1.54) is 0 Å². The number of anilines is 1. The van der Waals surface area contributed by atoms with Crippen molar-refractivity contribution in [2.75, 3.05) is 18.4 Å². The second kappa shape index (κ2) is 9.53. The van der Waals surface area contributed by atoms with Crippen molar-refractivity contribution in [2.45, 2.75) is 51.0 Å². The lowest BCUT2D eigenvalue weighted by Crippen LogP contribution is -2.56. The molecular formula is C18H28Cl2N4O2. The molecule has 26 heavy (non-hydrogen) atoms. The molecule has 0 bridgehead atoms. The maximum atomic E-state index is 12.8. The van der Waals surface area contributed by atoms with E-state index in [0.717, 1.165) is 44.2 Å². The van der Waals surface area contributed by atoms with Crippen LogP contribution in [0.3, 0.4) is 0 Å². The van der Waals surface area contributed by atoms with Gasteiger partial charge in [0.15, 0.2) is 0 Å². The summed E-state index contributed by atoms with van der Waals surface area (Å²) in [4.78, 5) is 31.4. The summed E-state index contributed by atoms with van der Waals surface area (Å²) in [6.07, 6.45) is 5.16. The number of rotatable bonds is 3. The van der Waals surface area contributed by atoms with Crippen LogP contribution in [0, 0.1) is 12.8 Å². The first-order valence-electron chi connectivity index (χ1n) is 8.81. The Hall–Kier alpha value is -1.37. The molecule has 0 spiro atoms. The third kappa shape index (κ3) is 5.09. The van der Waals surface area contributed by atoms with Crippen molar-refractivity contribution in [3.8, 4) is 0 Å². The minimum absolute atomic E-state index is 0. The van der Waals surface area contributed by atoms with E-state index >= 15 is 0 Å². The number of nitrogens with two attached hydrogens (primary N) is 1. The SMILES string of the molecule is Cc1cccc(NC(=O)C2CCCN(C(=O)C3(N)CCCC3)C2)n1.Cl.Cl. The fraction of sp³-hybridized carbons (Fsp3) is 0.611. The number of carbonyl (C=O) groups excluding carboxylic acids is 2. The molecule has 1 aromatic rings. The molecule has 0 radical (unpaired) electrons. The van der Waals surface area contributed by atoms with Crippen molar-refractivity contribution in [3.05, 3.63) is 23.9 Å². The summed E-state index contributed by atoms with van der Waals surface area (Å²) in [6.45, 7) is 3.04. The fourth-order valence-electron chi connectivity index (χ4n) is 3.75. The Kier molecular flexibility index (Phi) is 8.31. The number of nitrogens with zero attached hydrogens (tertiary/aromatic N) is 2. The number of nitrogens with one attached hydrogen (secondary N) is 1. The summed E-state index contributed by atoms with van der Waals surface area (Å²) in [5.41, 5.74) is 6.44. The highest BCUT2D eigenvalue weighted by Crippen LogP contribution is 2.30. The van der Waals surface area contributed by atoms with Gasteiger partial charge in [0.05, 0.1) is 11.5 Å². The molecule has 2 heterocycles. The minimum Gasteiger partial charge on any atom is -0.340 e. The van der Waals surface area contributed by atoms with Crippen LogP contribution >= 0.6 is 24.8 Å². The second-order valence-corrected chi connectivity index (χ2v) is 7.11. The van der Waals surface area contributed by atoms with Gasteiger partial charge in [0.25, 0.3) is 0 Å². The van der Waals surface area contributed by atoms with Crippen LogP contribution in [-0.2, 0) is 9.59 Å². The van der Waals surface area contributed by atoms with Gasteiger partial charge in [-0.05, 0) is 44.7 Å². The molecule has 2 fully saturated rings. The van der Waals surface area contributed by atoms with Gasteiger partial charge in [-0.2, -0.15) is 0 Å². The first-order valence-corrected chi connectivity index (χ1v) is 8.81. The maximum Gasteiger partial charge on any atom is 0.242 e.